The van der Waals surface area contributed by atoms with Gasteiger partial charge in [-0.2, -0.15) is 0 Å². The Bertz CT molecular complexity index is 498. The maximum Gasteiger partial charge on any atom is 0.217 e. The van der Waals surface area contributed by atoms with Crippen molar-refractivity contribution in [2.24, 2.45) is 0 Å². The van der Waals surface area contributed by atoms with Crippen LogP contribution in [0.15, 0.2) is 12.2 Å². The molecule has 0 aromatic carbocycles. The summed E-state index contributed by atoms with van der Waals surface area (Å²) in [6, 6.07) is 0. The Balaban J connectivity index is 0. The lowest BCUT2D eigenvalue weighted by Crippen LogP contribution is -2.35. The molecule has 6 heteroatoms. The zero-order chi connectivity index (χ0) is 24.6. The van der Waals surface area contributed by atoms with Gasteiger partial charge in [-0.1, -0.05) is 96.1 Å². The molecule has 0 saturated carbocycles. The summed E-state index contributed by atoms with van der Waals surface area (Å²) in [4.78, 5) is 0. The Morgan fingerprint density at radius 1 is 0.656 bits per heavy atom. The number of rotatable bonds is 21. The van der Waals surface area contributed by atoms with Gasteiger partial charge in [-0.15, -0.1) is 0 Å². The van der Waals surface area contributed by atoms with Crippen LogP contribution in [0.2, 0.25) is 0 Å². The molecule has 0 bridgehead atoms. The second kappa shape index (κ2) is 23.7. The third-order valence-corrected chi connectivity index (χ3v) is 5.95. The summed E-state index contributed by atoms with van der Waals surface area (Å²) in [5.41, 5.74) is 0. The molecule has 0 aromatic heterocycles. The molecule has 0 radical (unpaired) electrons. The van der Waals surface area contributed by atoms with Crippen LogP contribution in [0, 0.1) is 0 Å². The van der Waals surface area contributed by atoms with Crippen LogP contribution >= 0.6 is 0 Å². The molecule has 0 aromatic rings. The highest BCUT2D eigenvalue weighted by Crippen LogP contribution is 2.12. The second-order valence-corrected chi connectivity index (χ2v) is 11.1. The fraction of sp³-hybridized carbons (Fsp3) is 0.923. The van der Waals surface area contributed by atoms with Crippen LogP contribution in [0.3, 0.4) is 0 Å². The number of quaternary nitrogens is 1. The van der Waals surface area contributed by atoms with Gasteiger partial charge in [0.1, 0.15) is 0 Å². The highest BCUT2D eigenvalue weighted by atomic mass is 32.3. The van der Waals surface area contributed by atoms with Crippen molar-refractivity contribution in [1.29, 1.82) is 0 Å². The van der Waals surface area contributed by atoms with E-state index >= 15 is 0 Å². The minimum atomic E-state index is -4.41. The maximum absolute atomic E-state index is 9.22. The number of allylic oxidation sites excluding steroid dienone is 2. The molecule has 194 valence electrons. The van der Waals surface area contributed by atoms with Crippen LogP contribution in [-0.2, 0) is 14.6 Å². The van der Waals surface area contributed by atoms with E-state index in [0.717, 1.165) is 11.6 Å². The first-order valence-electron chi connectivity index (χ1n) is 13.1. The molecule has 0 spiro atoms. The Morgan fingerprint density at radius 3 is 1.28 bits per heavy atom. The van der Waals surface area contributed by atoms with Gasteiger partial charge in [0.25, 0.3) is 0 Å². The summed E-state index contributed by atoms with van der Waals surface area (Å²) in [7, 11) is 3.29. The summed E-state index contributed by atoms with van der Waals surface area (Å²) < 4.78 is 32.1. The molecule has 0 saturated heterocycles. The average molecular weight is 478 g/mol. The Labute approximate surface area is 201 Å². The first-order valence-corrected chi connectivity index (χ1v) is 14.4. The molecule has 0 aliphatic rings. The fourth-order valence-corrected chi connectivity index (χ4v) is 3.54. The van der Waals surface area contributed by atoms with E-state index in [1.165, 1.54) is 122 Å². The highest BCUT2D eigenvalue weighted by Gasteiger charge is 2.04. The summed E-state index contributed by atoms with van der Waals surface area (Å²) >= 11 is 0. The van der Waals surface area contributed by atoms with Gasteiger partial charge in [-0.05, 0) is 38.5 Å². The van der Waals surface area contributed by atoms with Crippen molar-refractivity contribution in [2.45, 2.75) is 122 Å². The molecule has 0 rings (SSSR count). The quantitative estimate of drug-likeness (QED) is 0.0568. The lowest BCUT2D eigenvalue weighted by molar-refractivity contribution is -0.870. The summed E-state index contributed by atoms with van der Waals surface area (Å²) in [5.74, 6) is 0. The normalized spacial score (nSPS) is 12.2. The monoisotopic (exact) mass is 477 g/mol. The summed E-state index contributed by atoms with van der Waals surface area (Å²) in [6.45, 7) is 3.62. The van der Waals surface area contributed by atoms with Crippen LogP contribution in [-0.4, -0.2) is 52.3 Å². The van der Waals surface area contributed by atoms with E-state index in [1.54, 1.807) is 0 Å². The molecule has 0 fully saturated rings. The van der Waals surface area contributed by atoms with E-state index in [2.05, 4.69) is 44.4 Å². The number of hydrogen-bond donors (Lipinski definition) is 0. The van der Waals surface area contributed by atoms with Crippen molar-refractivity contribution >= 4 is 10.4 Å². The Hall–Kier alpha value is -0.430. The van der Waals surface area contributed by atoms with Gasteiger partial charge < -0.3 is 9.04 Å². The summed E-state index contributed by atoms with van der Waals surface area (Å²) in [6.07, 6.45) is 30.4. The third-order valence-electron chi connectivity index (χ3n) is 5.54. The minimum Gasteiger partial charge on any atom is -0.726 e. The van der Waals surface area contributed by atoms with Crippen molar-refractivity contribution in [2.75, 3.05) is 34.8 Å². The molecular weight excluding hydrogens is 422 g/mol. The fourth-order valence-electron chi connectivity index (χ4n) is 3.54. The summed E-state index contributed by atoms with van der Waals surface area (Å²) in [5, 5.41) is 0. The van der Waals surface area contributed by atoms with Crippen LogP contribution in [0.25, 0.3) is 0 Å². The standard InChI is InChI=1S/C25H52N.CH4O4S/c1-5-6-7-8-9-10-11-12-13-14-15-16-17-18-19-20-21-22-23-24-25-26(2,3)4;1-5-6(2,3)4/h12-13H,5-11,14-25H2,1-4H3;1H3,(H,2,3,4)/q+1;/p-1/b13-12-;. The van der Waals surface area contributed by atoms with E-state index in [1.807, 2.05) is 0 Å². The van der Waals surface area contributed by atoms with E-state index in [9.17, 15) is 13.0 Å². The van der Waals surface area contributed by atoms with Crippen LogP contribution in [0.4, 0.5) is 0 Å². The topological polar surface area (TPSA) is 66.4 Å². The molecule has 32 heavy (non-hydrogen) atoms. The molecule has 0 N–H and O–H groups in total. The SMILES string of the molecule is CCCCCCCC/C=C\CCCCCCCCCCCC[N+](C)(C)C.COS(=O)(=O)[O-]. The molecule has 0 heterocycles. The van der Waals surface area contributed by atoms with Crippen molar-refractivity contribution in [3.63, 3.8) is 0 Å². The van der Waals surface area contributed by atoms with E-state index in [-0.39, 0.29) is 0 Å². The number of nitrogens with zero attached hydrogens (tertiary/aromatic N) is 1. The molecule has 0 unspecified atom stereocenters. The van der Waals surface area contributed by atoms with E-state index in [0.29, 0.717) is 0 Å². The van der Waals surface area contributed by atoms with Gasteiger partial charge >= 0.3 is 0 Å². The molecule has 0 atom stereocenters. The molecule has 0 aliphatic heterocycles. The van der Waals surface area contributed by atoms with Gasteiger partial charge in [-0.3, -0.25) is 4.18 Å². The lowest BCUT2D eigenvalue weighted by Gasteiger charge is -2.23. The zero-order valence-electron chi connectivity index (χ0n) is 22.1. The largest absolute Gasteiger partial charge is 0.726 e. The van der Waals surface area contributed by atoms with Gasteiger partial charge in [0, 0.05) is 0 Å². The van der Waals surface area contributed by atoms with Gasteiger partial charge in [0.05, 0.1) is 34.8 Å². The third kappa shape index (κ3) is 36.9. The van der Waals surface area contributed by atoms with Crippen LogP contribution in [0.1, 0.15) is 122 Å². The first kappa shape index (κ1) is 33.7. The van der Waals surface area contributed by atoms with E-state index in [4.69, 9.17) is 0 Å². The molecule has 5 nitrogen and oxygen atoms in total. The van der Waals surface area contributed by atoms with Crippen LogP contribution in [0.5, 0.6) is 0 Å². The minimum absolute atomic E-state index is 0.808. The first-order chi connectivity index (χ1) is 15.1. The van der Waals surface area contributed by atoms with Gasteiger partial charge in [0.15, 0.2) is 0 Å². The lowest BCUT2D eigenvalue weighted by atomic mass is 10.1. The van der Waals surface area contributed by atoms with Crippen molar-refractivity contribution in [3.05, 3.63) is 12.2 Å². The smallest absolute Gasteiger partial charge is 0.217 e. The van der Waals surface area contributed by atoms with Crippen molar-refractivity contribution in [3.8, 4) is 0 Å². The Kier molecular flexibility index (Phi) is 25.0. The van der Waals surface area contributed by atoms with Gasteiger partial charge in [0.2, 0.25) is 10.4 Å². The van der Waals surface area contributed by atoms with Crippen molar-refractivity contribution < 1.29 is 21.6 Å². The molecule has 0 aliphatic carbocycles. The second-order valence-electron chi connectivity index (χ2n) is 9.94. The van der Waals surface area contributed by atoms with Crippen LogP contribution < -0.4 is 0 Å². The average Bonchev–Trinajstić information content (AvgIpc) is 2.71. The van der Waals surface area contributed by atoms with Crippen molar-refractivity contribution in [1.82, 2.24) is 0 Å². The zero-order valence-corrected chi connectivity index (χ0v) is 22.9. The van der Waals surface area contributed by atoms with E-state index < -0.39 is 10.4 Å². The molecule has 0 amide bonds. The highest BCUT2D eigenvalue weighted by molar-refractivity contribution is 7.80. The van der Waals surface area contributed by atoms with Gasteiger partial charge in [-0.25, -0.2) is 8.42 Å². The molecular formula is C26H55NO4S. The maximum atomic E-state index is 9.22. The predicted molar refractivity (Wildman–Crippen MR) is 138 cm³/mol. The number of hydrogen-bond acceptors (Lipinski definition) is 4. The Morgan fingerprint density at radius 2 is 0.969 bits per heavy atom. The number of unbranched alkanes of at least 4 members (excludes halogenated alkanes) is 16. The predicted octanol–water partition coefficient (Wildman–Crippen LogP) is 7.38.